The Morgan fingerprint density at radius 1 is 0.879 bits per heavy atom. The third kappa shape index (κ3) is 17.8. The van der Waals surface area contributed by atoms with Gasteiger partial charge in [0.15, 0.2) is 0 Å². The topological polar surface area (TPSA) is 99.0 Å². The zero-order chi connectivity index (χ0) is 24.2. The van der Waals surface area contributed by atoms with Crippen molar-refractivity contribution in [2.45, 2.75) is 103 Å². The first-order chi connectivity index (χ1) is 15.9. The molecule has 1 amide bonds. The Labute approximate surface area is 201 Å². The van der Waals surface area contributed by atoms with Gasteiger partial charge >= 0.3 is 137 Å². The van der Waals surface area contributed by atoms with Gasteiger partial charge in [-0.15, -0.1) is 0 Å². The minimum atomic E-state index is -4.62. The molecule has 0 aliphatic rings. The molecule has 0 fully saturated rings. The van der Waals surface area contributed by atoms with Gasteiger partial charge in [-0.05, 0) is 12.8 Å². The third-order valence-electron chi connectivity index (χ3n) is 5.65. The van der Waals surface area contributed by atoms with Crippen molar-refractivity contribution >= 4 is 14.1 Å². The summed E-state index contributed by atoms with van der Waals surface area (Å²) in [5, 5.41) is 2.87. The van der Waals surface area contributed by atoms with Crippen molar-refractivity contribution in [3.8, 4) is 0 Å². The normalized spacial score (nSPS) is 13.3. The fourth-order valence-electron chi connectivity index (χ4n) is 3.72. The van der Waals surface area contributed by atoms with Crippen molar-refractivity contribution in [3.05, 3.63) is 48.0 Å². The molecule has 0 unspecified atom stereocenters. The molecule has 0 saturated carbocycles. The van der Waals surface area contributed by atoms with Crippen LogP contribution in [0.2, 0.25) is 0 Å². The second-order valence-corrected chi connectivity index (χ2v) is 10.2. The molecule has 0 aliphatic heterocycles. The molecule has 33 heavy (non-hydrogen) atoms. The number of amides is 1. The van der Waals surface area contributed by atoms with Crippen LogP contribution in [0.15, 0.2) is 42.5 Å². The van der Waals surface area contributed by atoms with Crippen molar-refractivity contribution in [1.29, 1.82) is 0 Å². The number of unbranched alkanes of at least 4 members (excludes halogenated alkanes) is 11. The zero-order valence-electron chi connectivity index (χ0n) is 20.4. The Morgan fingerprint density at radius 2 is 1.42 bits per heavy atom. The summed E-state index contributed by atoms with van der Waals surface area (Å²) in [5.41, 5.74) is 0.786. The SMILES string of the molecule is CCCCCCCC/C=C\CCCCCCCC(=O)N[C@H](CO[PH](O)(O)O)c1ccccc1. The minimum absolute atomic E-state index is 0.105. The molecule has 4 N–H and O–H groups in total. The van der Waals surface area contributed by atoms with Crippen molar-refractivity contribution in [1.82, 2.24) is 5.32 Å². The summed E-state index contributed by atoms with van der Waals surface area (Å²) in [5.74, 6) is -0.105. The van der Waals surface area contributed by atoms with Gasteiger partial charge < -0.3 is 0 Å². The number of carbonyl (C=O) groups is 1. The van der Waals surface area contributed by atoms with E-state index in [0.29, 0.717) is 6.42 Å². The summed E-state index contributed by atoms with van der Waals surface area (Å²) < 4.78 is 4.76. The number of hydrogen-bond donors (Lipinski definition) is 4. The second-order valence-electron chi connectivity index (χ2n) is 8.75. The van der Waals surface area contributed by atoms with Crippen molar-refractivity contribution in [2.75, 3.05) is 6.61 Å². The summed E-state index contributed by atoms with van der Waals surface area (Å²) in [6, 6.07) is 8.63. The summed E-state index contributed by atoms with van der Waals surface area (Å²) in [6.45, 7) is 2.05. The monoisotopic (exact) mass is 483 g/mol. The van der Waals surface area contributed by atoms with Gasteiger partial charge in [0.1, 0.15) is 0 Å². The molecule has 1 atom stereocenters. The van der Waals surface area contributed by atoms with Crippen LogP contribution in [-0.4, -0.2) is 27.2 Å². The van der Waals surface area contributed by atoms with E-state index in [0.717, 1.165) is 31.2 Å². The van der Waals surface area contributed by atoms with Crippen LogP contribution in [-0.2, 0) is 9.32 Å². The number of hydrogen-bond acceptors (Lipinski definition) is 5. The Balaban J connectivity index is 2.10. The molecule has 190 valence electrons. The van der Waals surface area contributed by atoms with E-state index in [4.69, 9.17) is 19.2 Å². The maximum atomic E-state index is 12.3. The molecule has 1 aromatic rings. The van der Waals surface area contributed by atoms with E-state index >= 15 is 0 Å². The molecule has 0 heterocycles. The number of rotatable bonds is 20. The van der Waals surface area contributed by atoms with E-state index < -0.39 is 14.2 Å². The van der Waals surface area contributed by atoms with Crippen molar-refractivity contribution in [2.24, 2.45) is 0 Å². The maximum absolute atomic E-state index is 12.3. The predicted octanol–water partition coefficient (Wildman–Crippen LogP) is 6.28. The molecule has 0 saturated heterocycles. The molecule has 0 aromatic heterocycles. The van der Waals surface area contributed by atoms with Gasteiger partial charge in [0.05, 0.1) is 0 Å². The Kier molecular flexibility index (Phi) is 17.2. The molecular formula is C26H46NO5P. The van der Waals surface area contributed by atoms with Crippen LogP contribution in [0.5, 0.6) is 0 Å². The van der Waals surface area contributed by atoms with Gasteiger partial charge in [-0.2, -0.15) is 0 Å². The van der Waals surface area contributed by atoms with E-state index in [1.807, 2.05) is 30.3 Å². The first kappa shape index (κ1) is 29.7. The van der Waals surface area contributed by atoms with Crippen LogP contribution in [0.3, 0.4) is 0 Å². The van der Waals surface area contributed by atoms with Gasteiger partial charge in [-0.1, -0.05) is 51.2 Å². The van der Waals surface area contributed by atoms with Crippen LogP contribution < -0.4 is 5.32 Å². The molecule has 6 nitrogen and oxygen atoms in total. The molecule has 0 bridgehead atoms. The van der Waals surface area contributed by atoms with E-state index in [-0.39, 0.29) is 12.5 Å². The first-order valence-electron chi connectivity index (χ1n) is 12.7. The van der Waals surface area contributed by atoms with E-state index in [9.17, 15) is 4.79 Å². The van der Waals surface area contributed by atoms with Gasteiger partial charge in [0.2, 0.25) is 0 Å². The molecule has 0 spiro atoms. The van der Waals surface area contributed by atoms with Gasteiger partial charge in [0, 0.05) is 0 Å². The fourth-order valence-corrected chi connectivity index (χ4v) is 4.11. The van der Waals surface area contributed by atoms with Crippen LogP contribution in [0, 0.1) is 0 Å². The second kappa shape index (κ2) is 19.1. The Bertz CT molecular complexity index is 633. The molecule has 0 aliphatic carbocycles. The summed E-state index contributed by atoms with van der Waals surface area (Å²) in [6.07, 6.45) is 20.8. The summed E-state index contributed by atoms with van der Waals surface area (Å²) in [4.78, 5) is 39.7. The summed E-state index contributed by atoms with van der Waals surface area (Å²) in [7, 11) is -4.62. The average molecular weight is 484 g/mol. The average Bonchev–Trinajstić information content (AvgIpc) is 2.79. The van der Waals surface area contributed by atoms with E-state index in [2.05, 4.69) is 24.4 Å². The molecule has 1 rings (SSSR count). The summed E-state index contributed by atoms with van der Waals surface area (Å²) >= 11 is 0. The van der Waals surface area contributed by atoms with E-state index in [1.165, 1.54) is 57.8 Å². The Hall–Kier alpha value is -1.30. The fraction of sp³-hybridized carbons (Fsp3) is 0.654. The first-order valence-corrected chi connectivity index (χ1v) is 14.5. The van der Waals surface area contributed by atoms with Crippen LogP contribution in [0.1, 0.15) is 108 Å². The predicted molar refractivity (Wildman–Crippen MR) is 138 cm³/mol. The standard InChI is InChI=1S/C26H46NO5P/c1-2-3-4-5-6-7-8-9-10-11-12-13-14-15-19-22-26(28)27-25(23-32-33(29,30)31)24-20-17-16-18-21-24/h9-10,16-18,20-21,25,29-31,33H,2-8,11-15,19,22-23H2,1H3,(H,27,28)/b10-9-/t25-/m1/s1. The van der Waals surface area contributed by atoms with Gasteiger partial charge in [-0.3, -0.25) is 0 Å². The van der Waals surface area contributed by atoms with E-state index in [1.54, 1.807) is 0 Å². The number of allylic oxidation sites excluding steroid dienone is 2. The number of benzene rings is 1. The number of nitrogens with one attached hydrogen (secondary N) is 1. The molecule has 1 aromatic carbocycles. The Morgan fingerprint density at radius 3 is 2.00 bits per heavy atom. The molecule has 0 radical (unpaired) electrons. The zero-order valence-corrected chi connectivity index (χ0v) is 21.4. The molecular weight excluding hydrogens is 437 g/mol. The van der Waals surface area contributed by atoms with Crippen LogP contribution >= 0.6 is 8.17 Å². The number of carbonyl (C=O) groups excluding carboxylic acids is 1. The van der Waals surface area contributed by atoms with Crippen LogP contribution in [0.25, 0.3) is 0 Å². The van der Waals surface area contributed by atoms with Gasteiger partial charge in [-0.25, -0.2) is 0 Å². The molecule has 7 heteroatoms. The van der Waals surface area contributed by atoms with Gasteiger partial charge in [0.25, 0.3) is 0 Å². The van der Waals surface area contributed by atoms with Crippen molar-refractivity contribution in [3.63, 3.8) is 0 Å². The quantitative estimate of drug-likeness (QED) is 0.0993. The van der Waals surface area contributed by atoms with Crippen molar-refractivity contribution < 1.29 is 24.0 Å². The third-order valence-corrected chi connectivity index (χ3v) is 6.20. The van der Waals surface area contributed by atoms with Crippen LogP contribution in [0.4, 0.5) is 0 Å².